The molecule has 1 fully saturated rings. The third-order valence-corrected chi connectivity index (χ3v) is 13.1. The van der Waals surface area contributed by atoms with Crippen LogP contribution in [0.15, 0.2) is 24.3 Å². The molecule has 1 rings (SSSR count). The number of carbonyl (C=O) groups is 2. The largest absolute Gasteiger partial charge is 0.462 e. The summed E-state index contributed by atoms with van der Waals surface area (Å²) < 4.78 is 22.3. The minimum absolute atomic E-state index is 0.216. The van der Waals surface area contributed by atoms with Crippen molar-refractivity contribution in [1.29, 1.82) is 0 Å². The SMILES string of the molecule is CCCCC/C=C\C/C=C\CCCCCCCCCC(=O)OC(COC(=O)CCCCCCCCCCCCCCCCCCCCCCCCCC)COC1OC(CO)C(O)C(O)C1O. The summed E-state index contributed by atoms with van der Waals surface area (Å²) in [6, 6.07) is 0. The van der Waals surface area contributed by atoms with Gasteiger partial charge in [0.05, 0.1) is 13.2 Å². The van der Waals surface area contributed by atoms with Crippen molar-refractivity contribution < 1.29 is 49.0 Å². The van der Waals surface area contributed by atoms with Crippen molar-refractivity contribution in [2.45, 2.75) is 301 Å². The quantitative estimate of drug-likeness (QED) is 0.0264. The van der Waals surface area contributed by atoms with Crippen molar-refractivity contribution in [2.75, 3.05) is 19.8 Å². The van der Waals surface area contributed by atoms with Crippen LogP contribution in [0.1, 0.15) is 264 Å². The highest BCUT2D eigenvalue weighted by Crippen LogP contribution is 2.23. The molecule has 0 aromatic rings. The molecule has 6 atom stereocenters. The maximum Gasteiger partial charge on any atom is 0.306 e. The Kier molecular flexibility index (Phi) is 44.2. The van der Waals surface area contributed by atoms with Gasteiger partial charge < -0.3 is 39.4 Å². The lowest BCUT2D eigenvalue weighted by Crippen LogP contribution is -2.59. The second-order valence-corrected chi connectivity index (χ2v) is 19.4. The minimum Gasteiger partial charge on any atom is -0.462 e. The van der Waals surface area contributed by atoms with E-state index in [9.17, 15) is 30.0 Å². The zero-order valence-corrected chi connectivity index (χ0v) is 42.7. The van der Waals surface area contributed by atoms with Crippen molar-refractivity contribution in [3.05, 3.63) is 24.3 Å². The molecular formula is C56H104O10. The lowest BCUT2D eigenvalue weighted by molar-refractivity contribution is -0.305. The van der Waals surface area contributed by atoms with E-state index in [1.54, 1.807) is 0 Å². The van der Waals surface area contributed by atoms with E-state index in [4.69, 9.17) is 18.9 Å². The molecule has 388 valence electrons. The average molecular weight is 937 g/mol. The second-order valence-electron chi connectivity index (χ2n) is 19.4. The molecule has 6 unspecified atom stereocenters. The predicted molar refractivity (Wildman–Crippen MR) is 270 cm³/mol. The van der Waals surface area contributed by atoms with Crippen molar-refractivity contribution in [2.24, 2.45) is 0 Å². The Bertz CT molecular complexity index is 1130. The predicted octanol–water partition coefficient (Wildman–Crippen LogP) is 13.6. The maximum absolute atomic E-state index is 12.8. The number of aliphatic hydroxyl groups excluding tert-OH is 4. The van der Waals surface area contributed by atoms with Gasteiger partial charge in [-0.05, 0) is 44.9 Å². The Hall–Kier alpha value is -1.82. The smallest absolute Gasteiger partial charge is 0.306 e. The third-order valence-electron chi connectivity index (χ3n) is 13.1. The summed E-state index contributed by atoms with van der Waals surface area (Å²) in [6.07, 6.45) is 47.7. The molecule has 4 N–H and O–H groups in total. The number of esters is 2. The Morgan fingerprint density at radius 1 is 0.470 bits per heavy atom. The molecule has 1 saturated heterocycles. The molecule has 0 amide bonds. The fourth-order valence-corrected chi connectivity index (χ4v) is 8.69. The second kappa shape index (κ2) is 46.9. The lowest BCUT2D eigenvalue weighted by atomic mass is 9.99. The molecule has 0 bridgehead atoms. The lowest BCUT2D eigenvalue weighted by Gasteiger charge is -2.39. The molecule has 10 nitrogen and oxygen atoms in total. The summed E-state index contributed by atoms with van der Waals surface area (Å²) in [7, 11) is 0. The Balaban J connectivity index is 2.19. The maximum atomic E-state index is 12.8. The van der Waals surface area contributed by atoms with Gasteiger partial charge in [0, 0.05) is 12.8 Å². The van der Waals surface area contributed by atoms with Crippen LogP contribution in [0.25, 0.3) is 0 Å². The molecule has 1 aliphatic rings. The molecule has 0 radical (unpaired) electrons. The van der Waals surface area contributed by atoms with E-state index in [0.717, 1.165) is 51.4 Å². The zero-order valence-electron chi connectivity index (χ0n) is 42.7. The van der Waals surface area contributed by atoms with Gasteiger partial charge in [-0.25, -0.2) is 0 Å². The van der Waals surface area contributed by atoms with Crippen molar-refractivity contribution in [3.63, 3.8) is 0 Å². The first kappa shape index (κ1) is 62.2. The highest BCUT2D eigenvalue weighted by atomic mass is 16.7. The van der Waals surface area contributed by atoms with Gasteiger partial charge in [-0.1, -0.05) is 231 Å². The standard InChI is InChI=1S/C56H104O10/c1-3-5-7-9-11-13-15-17-19-21-22-23-24-25-26-27-29-30-32-34-36-38-40-42-44-51(58)63-47-49(48-64-56-55(62)54(61)53(60)50(46-57)66-56)65-52(59)45-43-41-39-37-35-33-31-28-20-18-16-14-12-10-8-6-4-2/h12,14,18,20,49-50,53-57,60-62H,3-11,13,15-17,19,21-48H2,1-2H3/b14-12-,20-18-. The average Bonchev–Trinajstić information content (AvgIpc) is 3.32. The Labute approximate surface area is 404 Å². The molecule has 1 heterocycles. The first-order chi connectivity index (χ1) is 32.3. The topological polar surface area (TPSA) is 152 Å². The van der Waals surface area contributed by atoms with Crippen LogP contribution in [-0.2, 0) is 28.5 Å². The molecule has 0 aliphatic carbocycles. The molecule has 10 heteroatoms. The van der Waals surface area contributed by atoms with Gasteiger partial charge >= 0.3 is 11.9 Å². The zero-order chi connectivity index (χ0) is 48.0. The fourth-order valence-electron chi connectivity index (χ4n) is 8.69. The highest BCUT2D eigenvalue weighted by molar-refractivity contribution is 5.70. The number of hydrogen-bond donors (Lipinski definition) is 4. The van der Waals surface area contributed by atoms with Crippen LogP contribution in [-0.4, -0.2) is 89.0 Å². The number of rotatable bonds is 48. The number of carbonyl (C=O) groups excluding carboxylic acids is 2. The highest BCUT2D eigenvalue weighted by Gasteiger charge is 2.44. The van der Waals surface area contributed by atoms with E-state index in [-0.39, 0.29) is 32.0 Å². The number of aliphatic hydroxyl groups is 4. The minimum atomic E-state index is -1.59. The summed E-state index contributed by atoms with van der Waals surface area (Å²) in [5.74, 6) is -0.801. The number of ether oxygens (including phenoxy) is 4. The fraction of sp³-hybridized carbons (Fsp3) is 0.893. The van der Waals surface area contributed by atoms with Crippen LogP contribution in [0.3, 0.4) is 0 Å². The Morgan fingerprint density at radius 3 is 1.29 bits per heavy atom. The van der Waals surface area contributed by atoms with Gasteiger partial charge in [-0.15, -0.1) is 0 Å². The van der Waals surface area contributed by atoms with Crippen molar-refractivity contribution in [3.8, 4) is 0 Å². The molecule has 0 aromatic carbocycles. The third kappa shape index (κ3) is 37.1. The van der Waals surface area contributed by atoms with E-state index in [1.165, 1.54) is 180 Å². The summed E-state index contributed by atoms with van der Waals surface area (Å²) in [6.45, 7) is 3.44. The van der Waals surface area contributed by atoms with Gasteiger partial charge in [0.2, 0.25) is 0 Å². The van der Waals surface area contributed by atoms with Crippen LogP contribution < -0.4 is 0 Å². The first-order valence-corrected chi connectivity index (χ1v) is 27.9. The van der Waals surface area contributed by atoms with Gasteiger partial charge in [-0.2, -0.15) is 0 Å². The van der Waals surface area contributed by atoms with E-state index in [2.05, 4.69) is 38.2 Å². The summed E-state index contributed by atoms with van der Waals surface area (Å²) in [5, 5.41) is 40.3. The molecule has 0 saturated carbocycles. The van der Waals surface area contributed by atoms with E-state index < -0.39 is 49.4 Å². The number of hydrogen-bond acceptors (Lipinski definition) is 10. The normalized spacial score (nSPS) is 19.3. The summed E-state index contributed by atoms with van der Waals surface area (Å²) >= 11 is 0. The van der Waals surface area contributed by atoms with Crippen molar-refractivity contribution >= 4 is 11.9 Å². The molecule has 66 heavy (non-hydrogen) atoms. The molecule has 0 aromatic heterocycles. The molecule has 0 spiro atoms. The van der Waals surface area contributed by atoms with E-state index in [1.807, 2.05) is 0 Å². The number of allylic oxidation sites excluding steroid dienone is 4. The van der Waals surface area contributed by atoms with Crippen LogP contribution in [0.4, 0.5) is 0 Å². The van der Waals surface area contributed by atoms with Gasteiger partial charge in [0.1, 0.15) is 31.0 Å². The molecular weight excluding hydrogens is 833 g/mol. The van der Waals surface area contributed by atoms with Crippen molar-refractivity contribution in [1.82, 2.24) is 0 Å². The Morgan fingerprint density at radius 2 is 0.848 bits per heavy atom. The van der Waals surface area contributed by atoms with Crippen LogP contribution >= 0.6 is 0 Å². The van der Waals surface area contributed by atoms with E-state index >= 15 is 0 Å². The summed E-state index contributed by atoms with van der Waals surface area (Å²) in [4.78, 5) is 25.5. The monoisotopic (exact) mass is 937 g/mol. The summed E-state index contributed by atoms with van der Waals surface area (Å²) in [5.41, 5.74) is 0. The molecule has 1 aliphatic heterocycles. The van der Waals surface area contributed by atoms with Crippen LogP contribution in [0, 0.1) is 0 Å². The van der Waals surface area contributed by atoms with E-state index in [0.29, 0.717) is 6.42 Å². The van der Waals surface area contributed by atoms with Gasteiger partial charge in [0.15, 0.2) is 12.4 Å². The van der Waals surface area contributed by atoms with Gasteiger partial charge in [-0.3, -0.25) is 9.59 Å². The first-order valence-electron chi connectivity index (χ1n) is 27.9. The van der Waals surface area contributed by atoms with Gasteiger partial charge in [0.25, 0.3) is 0 Å². The number of unbranched alkanes of at least 4 members (excludes halogenated alkanes) is 33. The van der Waals surface area contributed by atoms with Crippen LogP contribution in [0.5, 0.6) is 0 Å². The van der Waals surface area contributed by atoms with Crippen LogP contribution in [0.2, 0.25) is 0 Å².